The molecule has 0 atom stereocenters. The summed E-state index contributed by atoms with van der Waals surface area (Å²) in [5, 5.41) is 8.38. The van der Waals surface area contributed by atoms with Crippen molar-refractivity contribution >= 4 is 5.97 Å². The Balaban J connectivity index is 3.50. The molecule has 0 heterocycles. The van der Waals surface area contributed by atoms with Gasteiger partial charge in [0.15, 0.2) is 0 Å². The molecule has 2 heteroatoms. The highest BCUT2D eigenvalue weighted by Gasteiger charge is 1.88. The van der Waals surface area contributed by atoms with Crippen LogP contribution in [-0.2, 0) is 4.79 Å². The fourth-order valence-corrected chi connectivity index (χ4v) is 1.92. The van der Waals surface area contributed by atoms with E-state index in [4.69, 9.17) is 5.11 Å². The van der Waals surface area contributed by atoms with Gasteiger partial charge in [-0.3, -0.25) is 0 Å². The first-order valence-electron chi connectivity index (χ1n) is 8.33. The van der Waals surface area contributed by atoms with Crippen LogP contribution >= 0.6 is 0 Å². The largest absolute Gasteiger partial charge is 0.478 e. The minimum atomic E-state index is -0.931. The number of hydrogen-bond donors (Lipinski definition) is 1. The first kappa shape index (κ1) is 20.2. The van der Waals surface area contributed by atoms with Gasteiger partial charge < -0.3 is 5.11 Å². The Morgan fingerprint density at radius 1 is 0.727 bits per heavy atom. The van der Waals surface area contributed by atoms with Crippen molar-refractivity contribution in [3.63, 3.8) is 0 Å². The third-order valence-corrected chi connectivity index (χ3v) is 3.13. The molecule has 0 radical (unpaired) electrons. The summed E-state index contributed by atoms with van der Waals surface area (Å²) in [7, 11) is 0. The smallest absolute Gasteiger partial charge is 0.328 e. The first-order chi connectivity index (χ1) is 10.8. The van der Waals surface area contributed by atoms with E-state index in [-0.39, 0.29) is 0 Å². The fourth-order valence-electron chi connectivity index (χ4n) is 1.92. The van der Waals surface area contributed by atoms with Gasteiger partial charge >= 0.3 is 5.97 Å². The van der Waals surface area contributed by atoms with Gasteiger partial charge in [0.05, 0.1) is 0 Å². The number of allylic oxidation sites excluding steroid dienone is 9. The zero-order valence-corrected chi connectivity index (χ0v) is 13.8. The summed E-state index contributed by atoms with van der Waals surface area (Å²) in [6, 6.07) is 0. The Hall–Kier alpha value is -1.83. The Bertz CT molecular complexity index is 398. The molecule has 0 aromatic heterocycles. The van der Waals surface area contributed by atoms with E-state index in [2.05, 4.69) is 19.1 Å². The summed E-state index contributed by atoms with van der Waals surface area (Å²) >= 11 is 0. The second kappa shape index (κ2) is 17.2. The lowest BCUT2D eigenvalue weighted by Crippen LogP contribution is -1.84. The second-order valence-corrected chi connectivity index (χ2v) is 5.19. The SMILES string of the molecule is CCCCCCCCC/C=C/C=C/C=CC=CC=CC(=O)O. The normalized spacial score (nSPS) is 12.8. The number of carboxylic acids is 1. The van der Waals surface area contributed by atoms with Crippen molar-refractivity contribution in [2.24, 2.45) is 0 Å². The van der Waals surface area contributed by atoms with Crippen LogP contribution in [0.3, 0.4) is 0 Å². The van der Waals surface area contributed by atoms with Crippen molar-refractivity contribution in [2.75, 3.05) is 0 Å². The van der Waals surface area contributed by atoms with Crippen molar-refractivity contribution in [1.29, 1.82) is 0 Å². The maximum Gasteiger partial charge on any atom is 0.328 e. The summed E-state index contributed by atoms with van der Waals surface area (Å²) < 4.78 is 0. The van der Waals surface area contributed by atoms with Gasteiger partial charge in [-0.25, -0.2) is 4.79 Å². The zero-order chi connectivity index (χ0) is 16.3. The fraction of sp³-hybridized carbons (Fsp3) is 0.450. The van der Waals surface area contributed by atoms with E-state index in [1.54, 1.807) is 12.2 Å². The van der Waals surface area contributed by atoms with Crippen LogP contribution < -0.4 is 0 Å². The maximum absolute atomic E-state index is 10.2. The highest BCUT2D eigenvalue weighted by atomic mass is 16.4. The summed E-state index contributed by atoms with van der Waals surface area (Å²) in [6.45, 7) is 2.25. The van der Waals surface area contributed by atoms with Crippen molar-refractivity contribution in [1.82, 2.24) is 0 Å². The molecule has 0 aliphatic heterocycles. The lowest BCUT2D eigenvalue weighted by Gasteiger charge is -1.98. The van der Waals surface area contributed by atoms with Gasteiger partial charge in [0.2, 0.25) is 0 Å². The van der Waals surface area contributed by atoms with E-state index in [1.165, 1.54) is 51.0 Å². The molecule has 0 rings (SSSR count). The number of hydrogen-bond acceptors (Lipinski definition) is 1. The van der Waals surface area contributed by atoms with Crippen LogP contribution in [0.15, 0.2) is 60.8 Å². The van der Waals surface area contributed by atoms with Crippen molar-refractivity contribution < 1.29 is 9.90 Å². The number of carboxylic acid groups (broad SMARTS) is 1. The molecule has 0 unspecified atom stereocenters. The van der Waals surface area contributed by atoms with Gasteiger partial charge in [-0.1, -0.05) is 100 Å². The number of rotatable bonds is 13. The van der Waals surface area contributed by atoms with Crippen LogP contribution in [0.2, 0.25) is 0 Å². The monoisotopic (exact) mass is 302 g/mol. The molecule has 2 nitrogen and oxygen atoms in total. The van der Waals surface area contributed by atoms with Crippen molar-refractivity contribution in [3.05, 3.63) is 60.8 Å². The Morgan fingerprint density at radius 2 is 1.23 bits per heavy atom. The molecule has 0 aliphatic carbocycles. The molecule has 0 aliphatic rings. The summed E-state index contributed by atoms with van der Waals surface area (Å²) in [4.78, 5) is 10.2. The molecule has 0 aromatic rings. The van der Waals surface area contributed by atoms with Crippen molar-refractivity contribution in [3.8, 4) is 0 Å². The lowest BCUT2D eigenvalue weighted by atomic mass is 10.1. The molecular formula is C20H30O2. The predicted octanol–water partition coefficient (Wildman–Crippen LogP) is 5.99. The highest BCUT2D eigenvalue weighted by Crippen LogP contribution is 2.08. The van der Waals surface area contributed by atoms with Crippen LogP contribution in [0.25, 0.3) is 0 Å². The van der Waals surface area contributed by atoms with Crippen LogP contribution in [-0.4, -0.2) is 11.1 Å². The zero-order valence-electron chi connectivity index (χ0n) is 13.8. The Labute approximate surface area is 135 Å². The predicted molar refractivity (Wildman–Crippen MR) is 95.9 cm³/mol. The molecule has 1 N–H and O–H groups in total. The number of aliphatic carboxylic acids is 1. The number of unbranched alkanes of at least 4 members (excludes halogenated alkanes) is 7. The van der Waals surface area contributed by atoms with E-state index in [0.717, 1.165) is 12.5 Å². The van der Waals surface area contributed by atoms with Crippen LogP contribution in [0, 0.1) is 0 Å². The standard InChI is InChI=1S/C20H30O2/c1-2-3-4-5-6-7-8-9-10-11-12-13-14-15-16-17-18-19-20(21)22/h10-19H,2-9H2,1H3,(H,21,22)/b11-10+,13-12+,15-14?,17-16?,19-18?. The minimum Gasteiger partial charge on any atom is -0.478 e. The Morgan fingerprint density at radius 3 is 1.82 bits per heavy atom. The molecule has 22 heavy (non-hydrogen) atoms. The van der Waals surface area contributed by atoms with E-state index in [9.17, 15) is 4.79 Å². The Kier molecular flexibility index (Phi) is 15.8. The van der Waals surface area contributed by atoms with E-state index in [1.807, 2.05) is 24.3 Å². The second-order valence-electron chi connectivity index (χ2n) is 5.19. The first-order valence-corrected chi connectivity index (χ1v) is 8.33. The van der Waals surface area contributed by atoms with Gasteiger partial charge in [-0.2, -0.15) is 0 Å². The third-order valence-electron chi connectivity index (χ3n) is 3.13. The maximum atomic E-state index is 10.2. The van der Waals surface area contributed by atoms with Crippen molar-refractivity contribution in [2.45, 2.75) is 58.3 Å². The average molecular weight is 302 g/mol. The average Bonchev–Trinajstić information content (AvgIpc) is 2.50. The van der Waals surface area contributed by atoms with Gasteiger partial charge in [0, 0.05) is 6.08 Å². The van der Waals surface area contributed by atoms with Crippen LogP contribution in [0.1, 0.15) is 58.3 Å². The molecule has 122 valence electrons. The molecular weight excluding hydrogens is 272 g/mol. The molecule has 0 fully saturated rings. The highest BCUT2D eigenvalue weighted by molar-refractivity contribution is 5.80. The molecule has 0 spiro atoms. The molecule has 0 saturated heterocycles. The summed E-state index contributed by atoms with van der Waals surface area (Å²) in [5.41, 5.74) is 0. The summed E-state index contributed by atoms with van der Waals surface area (Å²) in [6.07, 6.45) is 28.8. The van der Waals surface area contributed by atoms with Gasteiger partial charge in [-0.15, -0.1) is 0 Å². The molecule has 0 aromatic carbocycles. The van der Waals surface area contributed by atoms with Crippen LogP contribution in [0.4, 0.5) is 0 Å². The third kappa shape index (κ3) is 18.2. The van der Waals surface area contributed by atoms with E-state index >= 15 is 0 Å². The molecule has 0 bridgehead atoms. The van der Waals surface area contributed by atoms with E-state index < -0.39 is 5.97 Å². The van der Waals surface area contributed by atoms with Gasteiger partial charge in [0.25, 0.3) is 0 Å². The number of carbonyl (C=O) groups is 1. The molecule has 0 amide bonds. The van der Waals surface area contributed by atoms with Gasteiger partial charge in [-0.05, 0) is 12.8 Å². The van der Waals surface area contributed by atoms with E-state index in [0.29, 0.717) is 0 Å². The van der Waals surface area contributed by atoms with Gasteiger partial charge in [0.1, 0.15) is 0 Å². The lowest BCUT2D eigenvalue weighted by molar-refractivity contribution is -0.131. The topological polar surface area (TPSA) is 37.3 Å². The summed E-state index contributed by atoms with van der Waals surface area (Å²) in [5.74, 6) is -0.931. The quantitative estimate of drug-likeness (QED) is 0.258. The minimum absolute atomic E-state index is 0.931. The molecule has 0 saturated carbocycles. The van der Waals surface area contributed by atoms with Crippen LogP contribution in [0.5, 0.6) is 0 Å².